The van der Waals surface area contributed by atoms with Crippen molar-refractivity contribution in [2.75, 3.05) is 6.61 Å². The van der Waals surface area contributed by atoms with Crippen molar-refractivity contribution >= 4 is 0 Å². The average Bonchev–Trinajstić information content (AvgIpc) is 2.26. The van der Waals surface area contributed by atoms with Gasteiger partial charge in [-0.3, -0.25) is 0 Å². The highest BCUT2D eigenvalue weighted by molar-refractivity contribution is 5.29. The highest BCUT2D eigenvalue weighted by Gasteiger charge is 2.11. The molecule has 0 saturated heterocycles. The Balaban J connectivity index is 2.72. The molecule has 0 N–H and O–H groups in total. The minimum absolute atomic E-state index is 0.768. The Labute approximate surface area is 87.8 Å². The van der Waals surface area contributed by atoms with E-state index in [2.05, 4.69) is 19.9 Å². The average molecular weight is 194 g/mol. The summed E-state index contributed by atoms with van der Waals surface area (Å²) in [6, 6.07) is 0. The van der Waals surface area contributed by atoms with Gasteiger partial charge in [0.05, 0.1) is 6.61 Å². The molecule has 1 aliphatic rings. The van der Waals surface area contributed by atoms with E-state index in [1.165, 1.54) is 37.7 Å². The Hall–Kier alpha value is -0.720. The van der Waals surface area contributed by atoms with Crippen LogP contribution in [0.3, 0.4) is 0 Å². The number of hydrogen-bond donors (Lipinski definition) is 0. The SMILES string of the molecule is C/C=C(\OCC)C(C)=C1CCCCC1. The molecular formula is C13H22O. The molecule has 0 radical (unpaired) electrons. The van der Waals surface area contributed by atoms with Gasteiger partial charge in [-0.25, -0.2) is 0 Å². The largest absolute Gasteiger partial charge is 0.494 e. The third kappa shape index (κ3) is 2.90. The van der Waals surface area contributed by atoms with Crippen LogP contribution in [0.25, 0.3) is 0 Å². The van der Waals surface area contributed by atoms with Gasteiger partial charge < -0.3 is 4.74 Å². The smallest absolute Gasteiger partial charge is 0.117 e. The molecule has 0 unspecified atom stereocenters. The number of ether oxygens (including phenoxy) is 1. The summed E-state index contributed by atoms with van der Waals surface area (Å²) in [6.07, 6.45) is 8.75. The summed E-state index contributed by atoms with van der Waals surface area (Å²) in [5.74, 6) is 1.09. The second-order valence-corrected chi connectivity index (χ2v) is 3.88. The first-order valence-electron chi connectivity index (χ1n) is 5.77. The molecule has 1 saturated carbocycles. The predicted octanol–water partition coefficient (Wildman–Crippen LogP) is 4.21. The predicted molar refractivity (Wildman–Crippen MR) is 61.2 cm³/mol. The molecule has 0 aromatic rings. The van der Waals surface area contributed by atoms with Gasteiger partial charge in [0.1, 0.15) is 5.76 Å². The van der Waals surface area contributed by atoms with Gasteiger partial charge in [0, 0.05) is 0 Å². The molecule has 1 aliphatic carbocycles. The van der Waals surface area contributed by atoms with Crippen molar-refractivity contribution in [3.8, 4) is 0 Å². The molecule has 1 rings (SSSR count). The molecule has 14 heavy (non-hydrogen) atoms. The highest BCUT2D eigenvalue weighted by atomic mass is 16.5. The van der Waals surface area contributed by atoms with Crippen molar-refractivity contribution < 1.29 is 4.74 Å². The molecule has 0 bridgehead atoms. The van der Waals surface area contributed by atoms with Crippen LogP contribution in [0.15, 0.2) is 23.0 Å². The molecule has 0 aromatic heterocycles. The van der Waals surface area contributed by atoms with Crippen LogP contribution >= 0.6 is 0 Å². The van der Waals surface area contributed by atoms with E-state index >= 15 is 0 Å². The lowest BCUT2D eigenvalue weighted by molar-refractivity contribution is 0.236. The topological polar surface area (TPSA) is 9.23 Å². The molecule has 0 aromatic carbocycles. The monoisotopic (exact) mass is 194 g/mol. The zero-order valence-electron chi connectivity index (χ0n) is 9.73. The Morgan fingerprint density at radius 1 is 1.29 bits per heavy atom. The first kappa shape index (κ1) is 11.4. The quantitative estimate of drug-likeness (QED) is 0.612. The first-order chi connectivity index (χ1) is 6.79. The zero-order valence-corrected chi connectivity index (χ0v) is 9.73. The van der Waals surface area contributed by atoms with Crippen LogP contribution in [0.2, 0.25) is 0 Å². The molecule has 0 atom stereocenters. The van der Waals surface area contributed by atoms with Crippen molar-refractivity contribution in [2.24, 2.45) is 0 Å². The van der Waals surface area contributed by atoms with E-state index in [9.17, 15) is 0 Å². The maximum Gasteiger partial charge on any atom is 0.117 e. The summed E-state index contributed by atoms with van der Waals surface area (Å²) in [5.41, 5.74) is 2.99. The van der Waals surface area contributed by atoms with Crippen LogP contribution < -0.4 is 0 Å². The number of hydrogen-bond acceptors (Lipinski definition) is 1. The van der Waals surface area contributed by atoms with E-state index in [1.807, 2.05) is 6.92 Å². The molecule has 0 aliphatic heterocycles. The number of allylic oxidation sites excluding steroid dienone is 3. The Bertz CT molecular complexity index is 228. The van der Waals surface area contributed by atoms with Gasteiger partial charge in [0.2, 0.25) is 0 Å². The second kappa shape index (κ2) is 5.90. The van der Waals surface area contributed by atoms with Crippen LogP contribution in [0.4, 0.5) is 0 Å². The Morgan fingerprint density at radius 3 is 2.43 bits per heavy atom. The van der Waals surface area contributed by atoms with Crippen LogP contribution in [0, 0.1) is 0 Å². The van der Waals surface area contributed by atoms with Gasteiger partial charge in [-0.05, 0) is 58.1 Å². The summed E-state index contributed by atoms with van der Waals surface area (Å²) in [7, 11) is 0. The standard InChI is InChI=1S/C13H22O/c1-4-13(14-5-2)11(3)12-9-7-6-8-10-12/h4H,5-10H2,1-3H3/b13-4-. The summed E-state index contributed by atoms with van der Waals surface area (Å²) in [6.45, 7) is 7.07. The Morgan fingerprint density at radius 2 is 1.93 bits per heavy atom. The van der Waals surface area contributed by atoms with Crippen LogP contribution in [-0.4, -0.2) is 6.61 Å². The number of rotatable bonds is 3. The molecule has 1 heteroatoms. The maximum absolute atomic E-state index is 5.61. The fourth-order valence-electron chi connectivity index (χ4n) is 2.09. The Kier molecular flexibility index (Phi) is 4.78. The van der Waals surface area contributed by atoms with Crippen LogP contribution in [0.5, 0.6) is 0 Å². The van der Waals surface area contributed by atoms with Crippen molar-refractivity contribution in [1.29, 1.82) is 0 Å². The molecule has 0 spiro atoms. The van der Waals surface area contributed by atoms with Gasteiger partial charge >= 0.3 is 0 Å². The van der Waals surface area contributed by atoms with Crippen LogP contribution in [0.1, 0.15) is 52.9 Å². The van der Waals surface area contributed by atoms with E-state index in [1.54, 1.807) is 5.57 Å². The van der Waals surface area contributed by atoms with E-state index in [0.29, 0.717) is 0 Å². The molecule has 80 valence electrons. The molecule has 1 nitrogen and oxygen atoms in total. The van der Waals surface area contributed by atoms with E-state index in [-0.39, 0.29) is 0 Å². The van der Waals surface area contributed by atoms with Crippen molar-refractivity contribution in [3.63, 3.8) is 0 Å². The second-order valence-electron chi connectivity index (χ2n) is 3.88. The fraction of sp³-hybridized carbons (Fsp3) is 0.692. The van der Waals surface area contributed by atoms with Gasteiger partial charge in [-0.2, -0.15) is 0 Å². The minimum atomic E-state index is 0.768. The van der Waals surface area contributed by atoms with Crippen LogP contribution in [-0.2, 0) is 4.74 Å². The van der Waals surface area contributed by atoms with E-state index < -0.39 is 0 Å². The van der Waals surface area contributed by atoms with Crippen molar-refractivity contribution in [3.05, 3.63) is 23.0 Å². The lowest BCUT2D eigenvalue weighted by Crippen LogP contribution is -2.01. The van der Waals surface area contributed by atoms with Gasteiger partial charge in [-0.1, -0.05) is 12.0 Å². The summed E-state index contributed by atoms with van der Waals surface area (Å²) in [4.78, 5) is 0. The first-order valence-corrected chi connectivity index (χ1v) is 5.77. The molecule has 0 heterocycles. The zero-order chi connectivity index (χ0) is 10.4. The van der Waals surface area contributed by atoms with Crippen molar-refractivity contribution in [1.82, 2.24) is 0 Å². The third-order valence-corrected chi connectivity index (χ3v) is 2.92. The third-order valence-electron chi connectivity index (χ3n) is 2.92. The lowest BCUT2D eigenvalue weighted by Gasteiger charge is -2.18. The lowest BCUT2D eigenvalue weighted by atomic mass is 9.91. The fourth-order valence-corrected chi connectivity index (χ4v) is 2.09. The summed E-state index contributed by atoms with van der Waals surface area (Å²) < 4.78 is 5.61. The van der Waals surface area contributed by atoms with E-state index in [0.717, 1.165) is 12.4 Å². The normalized spacial score (nSPS) is 18.2. The van der Waals surface area contributed by atoms with Crippen molar-refractivity contribution in [2.45, 2.75) is 52.9 Å². The maximum atomic E-state index is 5.61. The summed E-state index contributed by atoms with van der Waals surface area (Å²) in [5, 5.41) is 0. The highest BCUT2D eigenvalue weighted by Crippen LogP contribution is 2.28. The molecule has 1 fully saturated rings. The van der Waals surface area contributed by atoms with Gasteiger partial charge in [0.25, 0.3) is 0 Å². The van der Waals surface area contributed by atoms with Gasteiger partial charge in [0.15, 0.2) is 0 Å². The molecule has 0 amide bonds. The van der Waals surface area contributed by atoms with Gasteiger partial charge in [-0.15, -0.1) is 0 Å². The summed E-state index contributed by atoms with van der Waals surface area (Å²) >= 11 is 0. The minimum Gasteiger partial charge on any atom is -0.494 e. The van der Waals surface area contributed by atoms with E-state index in [4.69, 9.17) is 4.74 Å². The molecular weight excluding hydrogens is 172 g/mol.